The van der Waals surface area contributed by atoms with Gasteiger partial charge in [0.1, 0.15) is 12.4 Å². The fourth-order valence-electron chi connectivity index (χ4n) is 1.84. The Morgan fingerprint density at radius 2 is 1.83 bits per heavy atom. The number of hydrogen-bond acceptors (Lipinski definition) is 4. The molecule has 1 unspecified atom stereocenters. The summed E-state index contributed by atoms with van der Waals surface area (Å²) in [6.07, 6.45) is -1.38. The Bertz CT molecular complexity index is 614. The van der Waals surface area contributed by atoms with Gasteiger partial charge in [0, 0.05) is 10.0 Å². The number of halogens is 1. The molecular formula is C18H21BrO4. The SMILES string of the molecule is CC.COC(=O)C(O)c1cc(Br)ccc1OCc1ccccc1. The van der Waals surface area contributed by atoms with Gasteiger partial charge in [0.2, 0.25) is 0 Å². The van der Waals surface area contributed by atoms with Crippen molar-refractivity contribution in [3.05, 3.63) is 64.1 Å². The molecule has 0 spiro atoms. The number of ether oxygens (including phenoxy) is 2. The summed E-state index contributed by atoms with van der Waals surface area (Å²) in [7, 11) is 1.23. The fraction of sp³-hybridized carbons (Fsp3) is 0.278. The second-order valence-corrected chi connectivity index (χ2v) is 5.30. The average Bonchev–Trinajstić information content (AvgIpc) is 2.61. The van der Waals surface area contributed by atoms with E-state index in [4.69, 9.17) is 4.74 Å². The van der Waals surface area contributed by atoms with E-state index in [1.165, 1.54) is 7.11 Å². The van der Waals surface area contributed by atoms with E-state index in [1.54, 1.807) is 18.2 Å². The van der Waals surface area contributed by atoms with Gasteiger partial charge < -0.3 is 14.6 Å². The van der Waals surface area contributed by atoms with Crippen LogP contribution in [0, 0.1) is 0 Å². The van der Waals surface area contributed by atoms with E-state index in [9.17, 15) is 9.90 Å². The molecule has 2 rings (SSSR count). The summed E-state index contributed by atoms with van der Waals surface area (Å²) in [6.45, 7) is 4.35. The molecular weight excluding hydrogens is 360 g/mol. The number of carbonyl (C=O) groups is 1. The zero-order valence-electron chi connectivity index (χ0n) is 13.5. The minimum Gasteiger partial charge on any atom is -0.489 e. The minimum absolute atomic E-state index is 0.351. The van der Waals surface area contributed by atoms with Gasteiger partial charge in [-0.05, 0) is 23.8 Å². The molecule has 4 nitrogen and oxygen atoms in total. The molecule has 0 aromatic heterocycles. The molecule has 0 aliphatic carbocycles. The van der Waals surface area contributed by atoms with Crippen LogP contribution in [0.3, 0.4) is 0 Å². The number of aliphatic hydroxyl groups excluding tert-OH is 1. The van der Waals surface area contributed by atoms with Gasteiger partial charge in [-0.3, -0.25) is 0 Å². The van der Waals surface area contributed by atoms with Crippen LogP contribution in [-0.4, -0.2) is 18.2 Å². The number of rotatable bonds is 5. The Hall–Kier alpha value is -1.85. The predicted molar refractivity (Wildman–Crippen MR) is 93.2 cm³/mol. The molecule has 0 amide bonds. The summed E-state index contributed by atoms with van der Waals surface area (Å²) in [6, 6.07) is 14.8. The molecule has 5 heteroatoms. The summed E-state index contributed by atoms with van der Waals surface area (Å²) in [4.78, 5) is 11.5. The zero-order valence-corrected chi connectivity index (χ0v) is 15.0. The number of carbonyl (C=O) groups excluding carboxylic acids is 1. The second kappa shape index (κ2) is 10.0. The highest BCUT2D eigenvalue weighted by atomic mass is 79.9. The third-order valence-corrected chi connectivity index (χ3v) is 3.42. The number of benzene rings is 2. The van der Waals surface area contributed by atoms with Gasteiger partial charge >= 0.3 is 5.97 Å². The highest BCUT2D eigenvalue weighted by molar-refractivity contribution is 9.10. The van der Waals surface area contributed by atoms with Crippen molar-refractivity contribution in [2.45, 2.75) is 26.6 Å². The number of esters is 1. The van der Waals surface area contributed by atoms with Crippen molar-refractivity contribution < 1.29 is 19.4 Å². The van der Waals surface area contributed by atoms with Gasteiger partial charge in [-0.15, -0.1) is 0 Å². The molecule has 124 valence electrons. The Morgan fingerprint density at radius 3 is 2.43 bits per heavy atom. The van der Waals surface area contributed by atoms with Crippen molar-refractivity contribution in [2.75, 3.05) is 7.11 Å². The largest absolute Gasteiger partial charge is 0.489 e. The van der Waals surface area contributed by atoms with E-state index in [0.717, 1.165) is 10.0 Å². The molecule has 2 aromatic rings. The van der Waals surface area contributed by atoms with Crippen molar-refractivity contribution in [3.63, 3.8) is 0 Å². The number of aliphatic hydroxyl groups is 1. The van der Waals surface area contributed by atoms with Gasteiger partial charge in [0.15, 0.2) is 6.10 Å². The lowest BCUT2D eigenvalue weighted by molar-refractivity contribution is -0.150. The minimum atomic E-state index is -1.38. The quantitative estimate of drug-likeness (QED) is 0.787. The standard InChI is InChI=1S/C16H15BrO4.C2H6/c1-20-16(19)15(18)13-9-12(17)7-8-14(13)21-10-11-5-3-2-4-6-11;1-2/h2-9,15,18H,10H2,1H3;1-2H3. The fourth-order valence-corrected chi connectivity index (χ4v) is 2.22. The maximum absolute atomic E-state index is 11.5. The Kier molecular flexibility index (Phi) is 8.37. The van der Waals surface area contributed by atoms with Crippen LogP contribution in [0.2, 0.25) is 0 Å². The molecule has 0 aliphatic heterocycles. The van der Waals surface area contributed by atoms with Crippen LogP contribution in [0.25, 0.3) is 0 Å². The zero-order chi connectivity index (χ0) is 17.2. The van der Waals surface area contributed by atoms with Crippen molar-refractivity contribution in [1.82, 2.24) is 0 Å². The van der Waals surface area contributed by atoms with Crippen LogP contribution in [0.5, 0.6) is 5.75 Å². The average molecular weight is 381 g/mol. The van der Waals surface area contributed by atoms with Crippen LogP contribution >= 0.6 is 15.9 Å². The van der Waals surface area contributed by atoms with E-state index in [1.807, 2.05) is 44.2 Å². The first-order chi connectivity index (χ1) is 11.1. The highest BCUT2D eigenvalue weighted by Gasteiger charge is 2.22. The van der Waals surface area contributed by atoms with E-state index in [2.05, 4.69) is 20.7 Å². The van der Waals surface area contributed by atoms with Crippen LogP contribution in [-0.2, 0) is 16.1 Å². The van der Waals surface area contributed by atoms with Gasteiger partial charge in [-0.25, -0.2) is 4.79 Å². The molecule has 0 aliphatic rings. The van der Waals surface area contributed by atoms with Crippen molar-refractivity contribution in [3.8, 4) is 5.75 Å². The van der Waals surface area contributed by atoms with Gasteiger partial charge in [-0.2, -0.15) is 0 Å². The summed E-state index contributed by atoms with van der Waals surface area (Å²) in [5.74, 6) is -0.280. The van der Waals surface area contributed by atoms with Gasteiger partial charge in [0.05, 0.1) is 7.11 Å². The van der Waals surface area contributed by atoms with E-state index in [-0.39, 0.29) is 0 Å². The van der Waals surface area contributed by atoms with Crippen molar-refractivity contribution in [2.24, 2.45) is 0 Å². The number of methoxy groups -OCH3 is 1. The lowest BCUT2D eigenvalue weighted by atomic mass is 10.1. The second-order valence-electron chi connectivity index (χ2n) is 4.38. The Labute approximate surface area is 145 Å². The monoisotopic (exact) mass is 380 g/mol. The maximum Gasteiger partial charge on any atom is 0.339 e. The predicted octanol–water partition coefficient (Wildman–Crippen LogP) is 4.26. The van der Waals surface area contributed by atoms with Crippen LogP contribution in [0.15, 0.2) is 53.0 Å². The molecule has 1 atom stereocenters. The first kappa shape index (κ1) is 19.2. The molecule has 0 radical (unpaired) electrons. The Morgan fingerprint density at radius 1 is 1.17 bits per heavy atom. The van der Waals surface area contributed by atoms with Crippen molar-refractivity contribution in [1.29, 1.82) is 0 Å². The summed E-state index contributed by atoms with van der Waals surface area (Å²) in [5, 5.41) is 10.0. The molecule has 0 heterocycles. The van der Waals surface area contributed by atoms with E-state index >= 15 is 0 Å². The smallest absolute Gasteiger partial charge is 0.339 e. The first-order valence-electron chi connectivity index (χ1n) is 7.34. The van der Waals surface area contributed by atoms with Gasteiger partial charge in [0.25, 0.3) is 0 Å². The lowest BCUT2D eigenvalue weighted by Gasteiger charge is -2.15. The Balaban J connectivity index is 0.00000127. The summed E-state index contributed by atoms with van der Waals surface area (Å²) >= 11 is 3.31. The molecule has 0 fully saturated rings. The molecule has 0 saturated heterocycles. The summed E-state index contributed by atoms with van der Waals surface area (Å²) in [5.41, 5.74) is 1.37. The summed E-state index contributed by atoms with van der Waals surface area (Å²) < 4.78 is 11.0. The van der Waals surface area contributed by atoms with Gasteiger partial charge in [-0.1, -0.05) is 60.1 Å². The highest BCUT2D eigenvalue weighted by Crippen LogP contribution is 2.30. The third kappa shape index (κ3) is 5.69. The van der Waals surface area contributed by atoms with Crippen LogP contribution in [0.4, 0.5) is 0 Å². The maximum atomic E-state index is 11.5. The molecule has 0 saturated carbocycles. The third-order valence-electron chi connectivity index (χ3n) is 2.93. The first-order valence-corrected chi connectivity index (χ1v) is 8.13. The topological polar surface area (TPSA) is 55.8 Å². The molecule has 1 N–H and O–H groups in total. The lowest BCUT2D eigenvalue weighted by Crippen LogP contribution is -2.14. The number of hydrogen-bond donors (Lipinski definition) is 1. The van der Waals surface area contributed by atoms with Crippen molar-refractivity contribution >= 4 is 21.9 Å². The van der Waals surface area contributed by atoms with E-state index in [0.29, 0.717) is 17.9 Å². The van der Waals surface area contributed by atoms with Crippen LogP contribution < -0.4 is 4.74 Å². The van der Waals surface area contributed by atoms with E-state index < -0.39 is 12.1 Å². The molecule has 0 bridgehead atoms. The van der Waals surface area contributed by atoms with Crippen LogP contribution in [0.1, 0.15) is 31.1 Å². The normalized spacial score (nSPS) is 11.0. The molecule has 2 aromatic carbocycles. The molecule has 23 heavy (non-hydrogen) atoms.